The van der Waals surface area contributed by atoms with Crippen molar-refractivity contribution in [1.29, 1.82) is 0 Å². The third-order valence-electron chi connectivity index (χ3n) is 9.31. The summed E-state index contributed by atoms with van der Waals surface area (Å²) in [4.78, 5) is 14.2. The molecular weight excluding hydrogens is 624 g/mol. The van der Waals surface area contributed by atoms with Crippen molar-refractivity contribution in [1.82, 2.24) is 0 Å². The lowest BCUT2D eigenvalue weighted by Gasteiger charge is -2.31. The minimum absolute atomic E-state index is 0.000520. The first-order chi connectivity index (χ1) is 23.4. The highest BCUT2D eigenvalue weighted by atomic mass is 16.5. The van der Waals surface area contributed by atoms with Gasteiger partial charge in [0.2, 0.25) is 0 Å². The van der Waals surface area contributed by atoms with Crippen LogP contribution in [0.1, 0.15) is 89.9 Å². The van der Waals surface area contributed by atoms with Crippen LogP contribution in [0.3, 0.4) is 0 Å². The average Bonchev–Trinajstić information content (AvgIpc) is 3.44. The van der Waals surface area contributed by atoms with Gasteiger partial charge in [-0.15, -0.1) is 0 Å². The lowest BCUT2D eigenvalue weighted by Crippen LogP contribution is -2.23. The number of allylic oxidation sites excluding steroid dienone is 3. The summed E-state index contributed by atoms with van der Waals surface area (Å²) in [5, 5.41) is 53.3. The van der Waals surface area contributed by atoms with Gasteiger partial charge in [0, 0.05) is 28.8 Å². The third kappa shape index (κ3) is 6.36. The van der Waals surface area contributed by atoms with E-state index in [0.717, 1.165) is 11.1 Å². The van der Waals surface area contributed by atoms with E-state index in [9.17, 15) is 30.3 Å². The number of ether oxygens (including phenoxy) is 3. The maximum absolute atomic E-state index is 14.2. The number of phenols is 5. The van der Waals surface area contributed by atoms with Gasteiger partial charge in [-0.1, -0.05) is 35.9 Å². The fourth-order valence-corrected chi connectivity index (χ4v) is 6.85. The number of ketones is 1. The quantitative estimate of drug-likeness (QED) is 0.112. The summed E-state index contributed by atoms with van der Waals surface area (Å²) in [5.41, 5.74) is 4.65. The smallest absolute Gasteiger partial charge is 0.174 e. The van der Waals surface area contributed by atoms with Gasteiger partial charge < -0.3 is 39.7 Å². The second-order valence-corrected chi connectivity index (χ2v) is 13.1. The lowest BCUT2D eigenvalue weighted by atomic mass is 9.80. The van der Waals surface area contributed by atoms with Gasteiger partial charge in [-0.2, -0.15) is 0 Å². The number of methoxy groups -OCH3 is 1. The second kappa shape index (κ2) is 13.1. The van der Waals surface area contributed by atoms with Crippen molar-refractivity contribution in [2.75, 3.05) is 7.11 Å². The highest BCUT2D eigenvalue weighted by molar-refractivity contribution is 6.04. The Morgan fingerprint density at radius 2 is 1.55 bits per heavy atom. The molecule has 0 radical (unpaired) electrons. The highest BCUT2D eigenvalue weighted by Crippen LogP contribution is 2.60. The summed E-state index contributed by atoms with van der Waals surface area (Å²) in [6.45, 7) is 10.3. The Hall–Kier alpha value is -5.57. The van der Waals surface area contributed by atoms with E-state index in [1.807, 2.05) is 20.8 Å². The Labute approximate surface area is 285 Å². The highest BCUT2D eigenvalue weighted by Gasteiger charge is 2.46. The zero-order valence-electron chi connectivity index (χ0n) is 27.9. The zero-order valence-corrected chi connectivity index (χ0v) is 27.9. The van der Waals surface area contributed by atoms with Gasteiger partial charge in [0.1, 0.15) is 63.8 Å². The van der Waals surface area contributed by atoms with E-state index in [1.165, 1.54) is 49.6 Å². The van der Waals surface area contributed by atoms with Gasteiger partial charge in [-0.05, 0) is 87.1 Å². The molecular formula is C40H40O9. The van der Waals surface area contributed by atoms with Crippen LogP contribution in [0.2, 0.25) is 0 Å². The number of fused-ring (bicyclic) bond motifs is 2. The zero-order chi connectivity index (χ0) is 35.1. The van der Waals surface area contributed by atoms with Crippen LogP contribution < -0.4 is 14.2 Å². The van der Waals surface area contributed by atoms with Crippen LogP contribution >= 0.6 is 0 Å². The van der Waals surface area contributed by atoms with Crippen molar-refractivity contribution in [2.24, 2.45) is 5.92 Å². The van der Waals surface area contributed by atoms with Crippen molar-refractivity contribution < 1.29 is 44.5 Å². The molecule has 0 spiro atoms. The van der Waals surface area contributed by atoms with Gasteiger partial charge in [0.15, 0.2) is 5.78 Å². The SMILES string of the molecule is C=C(C)C(CC=C(C)C)Cc1c2c(c(O)c3c1OC(c1ccc(O)cc1)C3c1cc(O)cc(O)c1)C(=O)CC(c1ccc(O)cc1OC)O2. The Morgan fingerprint density at radius 3 is 2.18 bits per heavy atom. The predicted molar refractivity (Wildman–Crippen MR) is 184 cm³/mol. The molecule has 254 valence electrons. The maximum atomic E-state index is 14.2. The van der Waals surface area contributed by atoms with E-state index >= 15 is 0 Å². The average molecular weight is 665 g/mol. The molecule has 9 nitrogen and oxygen atoms in total. The van der Waals surface area contributed by atoms with Crippen LogP contribution in [0.4, 0.5) is 0 Å². The summed E-state index contributed by atoms with van der Waals surface area (Å²) in [6.07, 6.45) is 1.46. The monoisotopic (exact) mass is 664 g/mol. The molecule has 0 aromatic heterocycles. The van der Waals surface area contributed by atoms with Crippen molar-refractivity contribution in [3.63, 3.8) is 0 Å². The molecule has 0 fully saturated rings. The molecule has 2 aliphatic heterocycles. The molecule has 4 aromatic carbocycles. The molecule has 5 N–H and O–H groups in total. The van der Waals surface area contributed by atoms with Gasteiger partial charge in [0.25, 0.3) is 0 Å². The summed E-state index contributed by atoms with van der Waals surface area (Å²) in [6, 6.07) is 15.3. The number of carbonyl (C=O) groups is 1. The van der Waals surface area contributed by atoms with E-state index < -0.39 is 18.1 Å². The largest absolute Gasteiger partial charge is 0.508 e. The summed E-state index contributed by atoms with van der Waals surface area (Å²) in [5.74, 6) is -0.950. The summed E-state index contributed by atoms with van der Waals surface area (Å²) in [7, 11) is 1.47. The van der Waals surface area contributed by atoms with Crippen LogP contribution in [-0.2, 0) is 6.42 Å². The van der Waals surface area contributed by atoms with Gasteiger partial charge >= 0.3 is 0 Å². The number of rotatable bonds is 9. The van der Waals surface area contributed by atoms with Crippen molar-refractivity contribution in [3.05, 3.63) is 118 Å². The van der Waals surface area contributed by atoms with E-state index in [2.05, 4.69) is 12.7 Å². The number of benzene rings is 4. The predicted octanol–water partition coefficient (Wildman–Crippen LogP) is 8.29. The van der Waals surface area contributed by atoms with Crippen LogP contribution in [0.15, 0.2) is 84.5 Å². The van der Waals surface area contributed by atoms with E-state index in [-0.39, 0.29) is 58.2 Å². The molecule has 0 bridgehead atoms. The first kappa shape index (κ1) is 33.3. The third-order valence-corrected chi connectivity index (χ3v) is 9.31. The van der Waals surface area contributed by atoms with Crippen molar-refractivity contribution in [3.8, 4) is 46.0 Å². The number of hydrogen-bond acceptors (Lipinski definition) is 9. The second-order valence-electron chi connectivity index (χ2n) is 13.1. The normalized spacial score (nSPS) is 18.4. The van der Waals surface area contributed by atoms with E-state index in [4.69, 9.17) is 14.2 Å². The molecule has 2 heterocycles. The summed E-state index contributed by atoms with van der Waals surface area (Å²) < 4.78 is 19.0. The molecule has 4 aromatic rings. The van der Waals surface area contributed by atoms with E-state index in [1.54, 1.807) is 18.2 Å². The standard InChI is InChI=1S/C40H40O9/c1-20(2)6-7-23(21(3)4)16-30-39-35(31(45)19-33(48-39)29-13-12-26(42)18-32(29)47-5)37(46)36-34(24-14-27(43)17-28(44)15-24)38(49-40(30)36)22-8-10-25(41)11-9-22/h6,8-15,17-18,23,33-34,38,41-44,46H,3,7,16,19H2,1-2,4-5H3. The fraction of sp³-hybridized carbons (Fsp3) is 0.275. The topological polar surface area (TPSA) is 146 Å². The number of carbonyl (C=O) groups excluding carboxylic acids is 1. The molecule has 0 aliphatic carbocycles. The molecule has 0 saturated carbocycles. The molecule has 4 atom stereocenters. The maximum Gasteiger partial charge on any atom is 0.174 e. The molecule has 0 amide bonds. The van der Waals surface area contributed by atoms with Crippen molar-refractivity contribution in [2.45, 2.75) is 58.2 Å². The molecule has 6 rings (SSSR count). The minimum atomic E-state index is -0.791. The fourth-order valence-electron chi connectivity index (χ4n) is 6.85. The van der Waals surface area contributed by atoms with Crippen LogP contribution in [0.5, 0.6) is 46.0 Å². The van der Waals surface area contributed by atoms with Crippen LogP contribution in [0, 0.1) is 5.92 Å². The molecule has 9 heteroatoms. The molecule has 2 aliphatic rings. The van der Waals surface area contributed by atoms with Gasteiger partial charge in [0.05, 0.1) is 19.4 Å². The first-order valence-electron chi connectivity index (χ1n) is 16.1. The molecule has 4 unspecified atom stereocenters. The number of aromatic hydroxyl groups is 5. The Morgan fingerprint density at radius 1 is 0.878 bits per heavy atom. The number of hydrogen-bond donors (Lipinski definition) is 5. The Balaban J connectivity index is 1.61. The lowest BCUT2D eigenvalue weighted by molar-refractivity contribution is 0.0838. The van der Waals surface area contributed by atoms with E-state index in [0.29, 0.717) is 52.2 Å². The Kier molecular flexibility index (Phi) is 8.94. The van der Waals surface area contributed by atoms with Crippen LogP contribution in [-0.4, -0.2) is 38.4 Å². The number of Topliss-reactive ketones (excluding diaryl/α,β-unsaturated/α-hetero) is 1. The minimum Gasteiger partial charge on any atom is -0.508 e. The first-order valence-corrected chi connectivity index (χ1v) is 16.1. The number of phenolic OH excluding ortho intramolecular Hbond substituents is 5. The van der Waals surface area contributed by atoms with Crippen LogP contribution in [0.25, 0.3) is 0 Å². The Bertz CT molecular complexity index is 1950. The van der Waals surface area contributed by atoms with Gasteiger partial charge in [-0.25, -0.2) is 0 Å². The van der Waals surface area contributed by atoms with Crippen molar-refractivity contribution >= 4 is 5.78 Å². The molecule has 0 saturated heterocycles. The molecule has 49 heavy (non-hydrogen) atoms. The van der Waals surface area contributed by atoms with Gasteiger partial charge in [-0.3, -0.25) is 4.79 Å². The summed E-state index contributed by atoms with van der Waals surface area (Å²) >= 11 is 0.